The maximum absolute atomic E-state index is 13.3. The van der Waals surface area contributed by atoms with E-state index in [9.17, 15) is 39.6 Å². The van der Waals surface area contributed by atoms with E-state index in [2.05, 4.69) is 5.32 Å². The number of nitrogens with zero attached hydrogens (tertiary/aromatic N) is 1. The zero-order valence-electron chi connectivity index (χ0n) is 19.2. The fraction of sp³-hybridized carbons (Fsp3) is 0.240. The second kappa shape index (κ2) is 10.2. The van der Waals surface area contributed by atoms with E-state index in [-0.39, 0.29) is 18.0 Å². The lowest BCUT2D eigenvalue weighted by atomic mass is 9.94. The summed E-state index contributed by atoms with van der Waals surface area (Å²) < 4.78 is 106. The number of nitrogens with one attached hydrogen (secondary N) is 1. The lowest BCUT2D eigenvalue weighted by molar-refractivity contribution is -0.138. The number of rotatable bonds is 5. The molecule has 0 saturated carbocycles. The summed E-state index contributed by atoms with van der Waals surface area (Å²) in [7, 11) is -4.27. The Balaban J connectivity index is 1.64. The van der Waals surface area contributed by atoms with Gasteiger partial charge in [-0.15, -0.1) is 0 Å². The van der Waals surface area contributed by atoms with Crippen molar-refractivity contribution in [2.24, 2.45) is 0 Å². The van der Waals surface area contributed by atoms with Crippen LogP contribution in [0.4, 0.5) is 26.3 Å². The average Bonchev–Trinajstić information content (AvgIpc) is 3.28. The van der Waals surface area contributed by atoms with Crippen LogP contribution < -0.4 is 5.32 Å². The summed E-state index contributed by atoms with van der Waals surface area (Å²) >= 11 is 5.89. The molecule has 1 amide bonds. The third-order valence-corrected chi connectivity index (χ3v) is 8.45. The summed E-state index contributed by atoms with van der Waals surface area (Å²) in [4.78, 5) is 12.6. The summed E-state index contributed by atoms with van der Waals surface area (Å²) in [6, 6.07) is 13.6. The molecule has 1 N–H and O–H groups in total. The first-order chi connectivity index (χ1) is 17.7. The van der Waals surface area contributed by atoms with Gasteiger partial charge in [0.05, 0.1) is 32.7 Å². The van der Waals surface area contributed by atoms with E-state index in [1.165, 1.54) is 0 Å². The van der Waals surface area contributed by atoms with Gasteiger partial charge in [0.25, 0.3) is 5.91 Å². The van der Waals surface area contributed by atoms with E-state index in [1.54, 1.807) is 30.3 Å². The average molecular weight is 577 g/mol. The van der Waals surface area contributed by atoms with Crippen molar-refractivity contribution in [2.45, 2.75) is 29.2 Å². The SMILES string of the molecule is O=C(N[C@H]1CN(S(=O)(=O)c2ccc(C(F)(F)F)cc2)C[C@@H]1c1ccccc1)c1cccc(C(F)(F)F)c1Cl. The number of alkyl halides is 6. The van der Waals surface area contributed by atoms with Crippen LogP contribution in [0.5, 0.6) is 0 Å². The Morgan fingerprint density at radius 1 is 0.842 bits per heavy atom. The Hall–Kier alpha value is -3.09. The molecule has 3 aromatic carbocycles. The lowest BCUT2D eigenvalue weighted by Crippen LogP contribution is -2.40. The van der Waals surface area contributed by atoms with Gasteiger partial charge in [-0.1, -0.05) is 48.0 Å². The van der Waals surface area contributed by atoms with Crippen molar-refractivity contribution in [3.05, 3.63) is 100 Å². The van der Waals surface area contributed by atoms with E-state index >= 15 is 0 Å². The molecule has 202 valence electrons. The summed E-state index contributed by atoms with van der Waals surface area (Å²) in [6.07, 6.45) is -9.44. The summed E-state index contributed by atoms with van der Waals surface area (Å²) in [5.74, 6) is -1.53. The van der Waals surface area contributed by atoms with Gasteiger partial charge in [0.2, 0.25) is 10.0 Å². The first kappa shape index (κ1) is 27.9. The van der Waals surface area contributed by atoms with Gasteiger partial charge in [-0.25, -0.2) is 8.42 Å². The molecule has 1 fully saturated rings. The summed E-state index contributed by atoms with van der Waals surface area (Å²) in [5.41, 5.74) is -1.98. The van der Waals surface area contributed by atoms with Gasteiger partial charge in [-0.3, -0.25) is 4.79 Å². The van der Waals surface area contributed by atoms with E-state index in [4.69, 9.17) is 11.6 Å². The number of carbonyl (C=O) groups is 1. The standard InChI is InChI=1S/C25H19ClF6N2O3S/c26-22-18(7-4-8-20(22)25(30,31)32)23(35)33-21-14-34(13-19(21)15-5-2-1-3-6-15)38(36,37)17-11-9-16(10-12-17)24(27,28)29/h1-12,19,21H,13-14H2,(H,33,35)/t19-,21+/m1/s1. The zero-order valence-corrected chi connectivity index (χ0v) is 20.8. The molecule has 0 aliphatic carbocycles. The van der Waals surface area contributed by atoms with Crippen molar-refractivity contribution >= 4 is 27.5 Å². The molecule has 0 bridgehead atoms. The highest BCUT2D eigenvalue weighted by Gasteiger charge is 2.42. The molecule has 1 aliphatic rings. The number of hydrogen-bond donors (Lipinski definition) is 1. The van der Waals surface area contributed by atoms with Crippen LogP contribution in [0.2, 0.25) is 5.02 Å². The third kappa shape index (κ3) is 5.67. The Labute approximate surface area is 219 Å². The van der Waals surface area contributed by atoms with Crippen LogP contribution in [0.25, 0.3) is 0 Å². The van der Waals surface area contributed by atoms with Gasteiger partial charge >= 0.3 is 12.4 Å². The van der Waals surface area contributed by atoms with Crippen LogP contribution in [-0.2, 0) is 22.4 Å². The molecule has 0 aromatic heterocycles. The minimum atomic E-state index is -4.79. The number of benzene rings is 3. The van der Waals surface area contributed by atoms with Crippen molar-refractivity contribution in [3.63, 3.8) is 0 Å². The minimum Gasteiger partial charge on any atom is -0.347 e. The highest BCUT2D eigenvalue weighted by Crippen LogP contribution is 2.37. The number of sulfonamides is 1. The fourth-order valence-electron chi connectivity index (χ4n) is 4.29. The predicted octanol–water partition coefficient (Wildman–Crippen LogP) is 5.96. The van der Waals surface area contributed by atoms with Gasteiger partial charge in [0.15, 0.2) is 0 Å². The zero-order chi connectivity index (χ0) is 27.9. The molecule has 38 heavy (non-hydrogen) atoms. The van der Waals surface area contributed by atoms with E-state index in [0.717, 1.165) is 34.6 Å². The number of carbonyl (C=O) groups excluding carboxylic acids is 1. The van der Waals surface area contributed by atoms with Gasteiger partial charge < -0.3 is 5.32 Å². The number of amides is 1. The van der Waals surface area contributed by atoms with Gasteiger partial charge in [0.1, 0.15) is 0 Å². The van der Waals surface area contributed by atoms with Crippen LogP contribution in [0.15, 0.2) is 77.7 Å². The van der Waals surface area contributed by atoms with Crippen molar-refractivity contribution < 1.29 is 39.6 Å². The number of hydrogen-bond acceptors (Lipinski definition) is 3. The molecule has 5 nitrogen and oxygen atoms in total. The Bertz CT molecular complexity index is 1430. The van der Waals surface area contributed by atoms with Crippen LogP contribution in [0, 0.1) is 0 Å². The van der Waals surface area contributed by atoms with Crippen molar-refractivity contribution in [1.82, 2.24) is 9.62 Å². The molecule has 3 aromatic rings. The molecular weight excluding hydrogens is 558 g/mol. The lowest BCUT2D eigenvalue weighted by Gasteiger charge is -2.21. The van der Waals surface area contributed by atoms with Crippen molar-refractivity contribution in [3.8, 4) is 0 Å². The summed E-state index contributed by atoms with van der Waals surface area (Å²) in [5, 5.41) is 1.81. The topological polar surface area (TPSA) is 66.5 Å². The van der Waals surface area contributed by atoms with E-state index in [0.29, 0.717) is 17.7 Å². The maximum Gasteiger partial charge on any atom is 0.417 e. The summed E-state index contributed by atoms with van der Waals surface area (Å²) in [6.45, 7) is -0.403. The fourth-order valence-corrected chi connectivity index (χ4v) is 6.10. The second-order valence-electron chi connectivity index (χ2n) is 8.61. The third-order valence-electron chi connectivity index (χ3n) is 6.20. The Kier molecular flexibility index (Phi) is 7.52. The van der Waals surface area contributed by atoms with Gasteiger partial charge in [-0.05, 0) is 42.0 Å². The monoisotopic (exact) mass is 576 g/mol. The normalized spacial score (nSPS) is 18.9. The number of halogens is 7. The molecule has 2 atom stereocenters. The smallest absolute Gasteiger partial charge is 0.347 e. The van der Waals surface area contributed by atoms with Crippen LogP contribution >= 0.6 is 11.6 Å². The highest BCUT2D eigenvalue weighted by molar-refractivity contribution is 7.89. The minimum absolute atomic E-state index is 0.130. The molecule has 0 unspecified atom stereocenters. The van der Waals surface area contributed by atoms with Gasteiger partial charge in [0, 0.05) is 19.0 Å². The molecule has 0 radical (unpaired) electrons. The first-order valence-electron chi connectivity index (χ1n) is 11.1. The van der Waals surface area contributed by atoms with E-state index in [1.807, 2.05) is 0 Å². The second-order valence-corrected chi connectivity index (χ2v) is 10.9. The molecule has 1 saturated heterocycles. The molecular formula is C25H19ClF6N2O3S. The van der Waals surface area contributed by atoms with Crippen LogP contribution in [0.3, 0.4) is 0 Å². The first-order valence-corrected chi connectivity index (χ1v) is 12.9. The quantitative estimate of drug-likeness (QED) is 0.381. The van der Waals surface area contributed by atoms with Crippen LogP contribution in [0.1, 0.15) is 33.0 Å². The van der Waals surface area contributed by atoms with Gasteiger partial charge in [-0.2, -0.15) is 30.6 Å². The molecule has 1 aliphatic heterocycles. The van der Waals surface area contributed by atoms with E-state index < -0.39 is 62.0 Å². The van der Waals surface area contributed by atoms with Crippen LogP contribution in [-0.4, -0.2) is 37.8 Å². The molecule has 1 heterocycles. The molecule has 13 heteroatoms. The Morgan fingerprint density at radius 2 is 1.47 bits per heavy atom. The predicted molar refractivity (Wildman–Crippen MR) is 127 cm³/mol. The maximum atomic E-state index is 13.3. The largest absolute Gasteiger partial charge is 0.417 e. The van der Waals surface area contributed by atoms with Crippen molar-refractivity contribution in [1.29, 1.82) is 0 Å². The molecule has 4 rings (SSSR count). The Morgan fingerprint density at radius 3 is 2.05 bits per heavy atom. The highest BCUT2D eigenvalue weighted by atomic mass is 35.5. The molecule has 0 spiro atoms. The van der Waals surface area contributed by atoms with Crippen molar-refractivity contribution in [2.75, 3.05) is 13.1 Å².